The highest BCUT2D eigenvalue weighted by molar-refractivity contribution is 7.90. The predicted molar refractivity (Wildman–Crippen MR) is 124 cm³/mol. The van der Waals surface area contributed by atoms with Gasteiger partial charge in [0, 0.05) is 36.3 Å². The van der Waals surface area contributed by atoms with E-state index in [9.17, 15) is 17.6 Å². The Hall–Kier alpha value is -3.31. The number of nitrogens with zero attached hydrogens (tertiary/aromatic N) is 4. The first kappa shape index (κ1) is 24.3. The lowest BCUT2D eigenvalue weighted by atomic mass is 9.94. The lowest BCUT2D eigenvalue weighted by Gasteiger charge is -2.19. The molecule has 33 heavy (non-hydrogen) atoms. The maximum Gasteiger partial charge on any atom is 0.333 e. The van der Waals surface area contributed by atoms with Crippen LogP contribution in [0.2, 0.25) is 0 Å². The van der Waals surface area contributed by atoms with Gasteiger partial charge in [-0.05, 0) is 49.8 Å². The second kappa shape index (κ2) is 10.1. The van der Waals surface area contributed by atoms with Crippen molar-refractivity contribution >= 4 is 21.7 Å². The monoisotopic (exact) mass is 474 g/mol. The molecule has 2 aromatic heterocycles. The van der Waals surface area contributed by atoms with Crippen LogP contribution in [0.4, 0.5) is 14.9 Å². The molecule has 0 fully saturated rings. The van der Waals surface area contributed by atoms with Gasteiger partial charge in [-0.2, -0.15) is 13.5 Å². The molecule has 1 aromatic carbocycles. The van der Waals surface area contributed by atoms with E-state index >= 15 is 0 Å². The summed E-state index contributed by atoms with van der Waals surface area (Å²) in [6.45, 7) is 4.87. The first-order valence-corrected chi connectivity index (χ1v) is 11.8. The Bertz CT molecular complexity index is 1230. The number of halogens is 1. The highest BCUT2D eigenvalue weighted by atomic mass is 32.2. The SMILES string of the molecule is CC(C)c1cc(F)cc(-c2cccnc2)c1NC(=O)NS(=O)(=O)c1ccn(CCN(C)C)n1. The molecule has 3 aromatic rings. The van der Waals surface area contributed by atoms with E-state index < -0.39 is 21.9 Å². The highest BCUT2D eigenvalue weighted by Crippen LogP contribution is 2.35. The van der Waals surface area contributed by atoms with Crippen molar-refractivity contribution in [1.29, 1.82) is 0 Å². The molecule has 2 heterocycles. The maximum absolute atomic E-state index is 14.3. The van der Waals surface area contributed by atoms with Gasteiger partial charge in [0.05, 0.1) is 12.2 Å². The van der Waals surface area contributed by atoms with E-state index in [1.807, 2.05) is 37.6 Å². The quantitative estimate of drug-likeness (QED) is 0.519. The molecule has 0 aliphatic heterocycles. The van der Waals surface area contributed by atoms with Crippen LogP contribution in [0.25, 0.3) is 11.1 Å². The number of nitrogens with one attached hydrogen (secondary N) is 2. The molecule has 0 spiro atoms. The van der Waals surface area contributed by atoms with E-state index in [4.69, 9.17) is 0 Å². The van der Waals surface area contributed by atoms with Crippen LogP contribution in [0.5, 0.6) is 0 Å². The summed E-state index contributed by atoms with van der Waals surface area (Å²) in [5.74, 6) is -0.616. The standard InChI is InChI=1S/C22H27FN6O3S/c1-15(2)18-12-17(23)13-19(16-6-5-8-24-14-16)21(18)25-22(30)27-33(31,32)20-7-9-29(26-20)11-10-28(3)4/h5-9,12-15H,10-11H2,1-4H3,(H2,25,27,30). The van der Waals surface area contributed by atoms with Gasteiger partial charge < -0.3 is 10.2 Å². The van der Waals surface area contributed by atoms with Gasteiger partial charge in [-0.1, -0.05) is 19.9 Å². The fourth-order valence-corrected chi connectivity index (χ4v) is 4.05. The fourth-order valence-electron chi connectivity index (χ4n) is 3.20. The zero-order valence-corrected chi connectivity index (χ0v) is 19.7. The van der Waals surface area contributed by atoms with E-state index in [1.54, 1.807) is 24.5 Å². The molecule has 0 unspecified atom stereocenters. The zero-order chi connectivity index (χ0) is 24.2. The van der Waals surface area contributed by atoms with Crippen LogP contribution in [-0.4, -0.2) is 54.8 Å². The summed E-state index contributed by atoms with van der Waals surface area (Å²) < 4.78 is 43.2. The van der Waals surface area contributed by atoms with Gasteiger partial charge in [0.1, 0.15) is 5.82 Å². The largest absolute Gasteiger partial charge is 0.333 e. The van der Waals surface area contributed by atoms with Crippen LogP contribution >= 0.6 is 0 Å². The van der Waals surface area contributed by atoms with E-state index in [0.29, 0.717) is 35.5 Å². The Balaban J connectivity index is 1.87. The lowest BCUT2D eigenvalue weighted by Crippen LogP contribution is -2.35. The molecule has 0 saturated heterocycles. The zero-order valence-electron chi connectivity index (χ0n) is 18.9. The van der Waals surface area contributed by atoms with Gasteiger partial charge in [0.2, 0.25) is 0 Å². The van der Waals surface area contributed by atoms with E-state index in [2.05, 4.69) is 15.4 Å². The number of benzene rings is 1. The number of carbonyl (C=O) groups excluding carboxylic acids is 1. The van der Waals surface area contributed by atoms with Crippen molar-refractivity contribution in [3.05, 3.63) is 60.3 Å². The predicted octanol–water partition coefficient (Wildman–Crippen LogP) is 3.28. The molecule has 9 nitrogen and oxygen atoms in total. The van der Waals surface area contributed by atoms with Crippen molar-refractivity contribution in [3.63, 3.8) is 0 Å². The van der Waals surface area contributed by atoms with E-state index in [-0.39, 0.29) is 10.9 Å². The number of pyridine rings is 1. The number of hydrogen-bond acceptors (Lipinski definition) is 6. The van der Waals surface area contributed by atoms with Crippen LogP contribution in [0.1, 0.15) is 25.3 Å². The minimum atomic E-state index is -4.21. The molecule has 0 aliphatic rings. The second-order valence-electron chi connectivity index (χ2n) is 8.09. The molecule has 0 aliphatic carbocycles. The third kappa shape index (κ3) is 6.14. The smallest absolute Gasteiger partial charge is 0.308 e. The number of rotatable bonds is 8. The van der Waals surface area contributed by atoms with Gasteiger partial charge in [-0.3, -0.25) is 9.67 Å². The van der Waals surface area contributed by atoms with Gasteiger partial charge >= 0.3 is 6.03 Å². The third-order valence-electron chi connectivity index (χ3n) is 4.86. The molecule has 0 radical (unpaired) electrons. The third-order valence-corrected chi connectivity index (χ3v) is 6.08. The first-order valence-electron chi connectivity index (χ1n) is 10.3. The second-order valence-corrected chi connectivity index (χ2v) is 9.72. The van der Waals surface area contributed by atoms with E-state index in [0.717, 1.165) is 0 Å². The summed E-state index contributed by atoms with van der Waals surface area (Å²) in [6, 6.07) is 6.36. The molecule has 0 atom stereocenters. The number of likely N-dealkylation sites (N-methyl/N-ethyl adjacent to an activating group) is 1. The first-order chi connectivity index (χ1) is 15.6. The van der Waals surface area contributed by atoms with Gasteiger partial charge in [-0.25, -0.2) is 13.9 Å². The van der Waals surface area contributed by atoms with Crippen molar-refractivity contribution in [1.82, 2.24) is 24.4 Å². The van der Waals surface area contributed by atoms with Crippen molar-refractivity contribution in [2.24, 2.45) is 0 Å². The number of carbonyl (C=O) groups is 1. The summed E-state index contributed by atoms with van der Waals surface area (Å²) in [5.41, 5.74) is 1.81. The van der Waals surface area contributed by atoms with Crippen molar-refractivity contribution in [3.8, 4) is 11.1 Å². The number of sulfonamides is 1. The Kier molecular flexibility index (Phi) is 7.44. The molecule has 0 bridgehead atoms. The molecule has 2 N–H and O–H groups in total. The summed E-state index contributed by atoms with van der Waals surface area (Å²) >= 11 is 0. The number of aromatic nitrogens is 3. The van der Waals surface area contributed by atoms with Crippen LogP contribution in [0.3, 0.4) is 0 Å². The topological polar surface area (TPSA) is 109 Å². The minimum Gasteiger partial charge on any atom is -0.308 e. The van der Waals surface area contributed by atoms with E-state index in [1.165, 1.54) is 29.1 Å². The fraction of sp³-hybridized carbons (Fsp3) is 0.318. The summed E-state index contributed by atoms with van der Waals surface area (Å²) in [5, 5.41) is 6.36. The van der Waals surface area contributed by atoms with Crippen molar-refractivity contribution < 1.29 is 17.6 Å². The van der Waals surface area contributed by atoms with Crippen LogP contribution in [-0.2, 0) is 16.6 Å². The van der Waals surface area contributed by atoms with Gasteiger partial charge in [0.25, 0.3) is 10.0 Å². The maximum atomic E-state index is 14.3. The molecule has 2 amide bonds. The van der Waals surface area contributed by atoms with Gasteiger partial charge in [-0.15, -0.1) is 0 Å². The number of urea groups is 1. The molecule has 3 rings (SSSR count). The average molecular weight is 475 g/mol. The normalized spacial score (nSPS) is 11.7. The molecule has 176 valence electrons. The van der Waals surface area contributed by atoms with Crippen LogP contribution < -0.4 is 10.0 Å². The van der Waals surface area contributed by atoms with Crippen molar-refractivity contribution in [2.45, 2.75) is 31.3 Å². The Morgan fingerprint density at radius 2 is 2.00 bits per heavy atom. The van der Waals surface area contributed by atoms with Crippen molar-refractivity contribution in [2.75, 3.05) is 26.0 Å². The summed E-state index contributed by atoms with van der Waals surface area (Å²) in [6.07, 6.45) is 4.66. The summed E-state index contributed by atoms with van der Waals surface area (Å²) in [4.78, 5) is 18.7. The molecule has 11 heteroatoms. The Labute approximate surface area is 192 Å². The van der Waals surface area contributed by atoms with Crippen LogP contribution in [0, 0.1) is 5.82 Å². The summed E-state index contributed by atoms with van der Waals surface area (Å²) in [7, 11) is -0.417. The molecule has 0 saturated carbocycles. The number of amides is 2. The number of hydrogen-bond donors (Lipinski definition) is 2. The van der Waals surface area contributed by atoms with Gasteiger partial charge in [0.15, 0.2) is 5.03 Å². The molecular weight excluding hydrogens is 447 g/mol. The number of anilines is 1. The Morgan fingerprint density at radius 3 is 2.64 bits per heavy atom. The lowest BCUT2D eigenvalue weighted by molar-refractivity contribution is 0.256. The van der Waals surface area contributed by atoms with Crippen LogP contribution in [0.15, 0.2) is 53.9 Å². The average Bonchev–Trinajstić information content (AvgIpc) is 3.23. The highest BCUT2D eigenvalue weighted by Gasteiger charge is 2.23. The minimum absolute atomic E-state index is 0.143. The molecular formula is C22H27FN6O3S. The Morgan fingerprint density at radius 1 is 1.24 bits per heavy atom.